The molecule has 1 aliphatic heterocycles. The molecule has 0 N–H and O–H groups in total. The highest BCUT2D eigenvalue weighted by atomic mass is 19.3. The summed E-state index contributed by atoms with van der Waals surface area (Å²) in [5.74, 6) is -1.01. The van der Waals surface area contributed by atoms with Gasteiger partial charge in [0.2, 0.25) is 0 Å². The maximum Gasteiger partial charge on any atom is 0.411 e. The maximum atomic E-state index is 12.1. The van der Waals surface area contributed by atoms with Crippen molar-refractivity contribution in [3.05, 3.63) is 0 Å². The lowest BCUT2D eigenvalue weighted by atomic mass is 10.0. The number of rotatable bonds is 1. The SMILES string of the molecule is CC(C)(C)OC(=O)N1CC2(CC2)CC1C(=O)OF. The van der Waals surface area contributed by atoms with Crippen molar-refractivity contribution in [3.8, 4) is 0 Å². The predicted octanol–water partition coefficient (Wildman–Crippen LogP) is 2.20. The number of ether oxygens (including phenoxy) is 1. The van der Waals surface area contributed by atoms with Crippen LogP contribution in [0.5, 0.6) is 0 Å². The van der Waals surface area contributed by atoms with Gasteiger partial charge in [-0.15, -0.1) is 0 Å². The third-order valence-corrected chi connectivity index (χ3v) is 3.44. The van der Waals surface area contributed by atoms with Crippen LogP contribution in [0.15, 0.2) is 0 Å². The molecule has 1 saturated carbocycles. The molecular weight excluding hydrogens is 241 g/mol. The second kappa shape index (κ2) is 4.10. The van der Waals surface area contributed by atoms with Crippen molar-refractivity contribution < 1.29 is 23.8 Å². The quantitative estimate of drug-likeness (QED) is 0.724. The van der Waals surface area contributed by atoms with E-state index in [9.17, 15) is 14.1 Å². The molecule has 1 saturated heterocycles. The summed E-state index contributed by atoms with van der Waals surface area (Å²) in [6.45, 7) is 5.69. The van der Waals surface area contributed by atoms with E-state index in [2.05, 4.69) is 4.94 Å². The van der Waals surface area contributed by atoms with Gasteiger partial charge in [0.15, 0.2) is 0 Å². The molecular formula is C12H18FNO4. The first-order valence-electron chi connectivity index (χ1n) is 6.08. The van der Waals surface area contributed by atoms with Gasteiger partial charge in [-0.1, -0.05) is 0 Å². The monoisotopic (exact) mass is 259 g/mol. The molecule has 1 amide bonds. The van der Waals surface area contributed by atoms with Gasteiger partial charge in [-0.3, -0.25) is 9.84 Å². The van der Waals surface area contributed by atoms with Crippen LogP contribution in [0.1, 0.15) is 40.0 Å². The van der Waals surface area contributed by atoms with Gasteiger partial charge in [-0.25, -0.2) is 9.59 Å². The molecule has 1 spiro atoms. The average Bonchev–Trinajstić information content (AvgIpc) is 2.86. The summed E-state index contributed by atoms with van der Waals surface area (Å²) in [5.41, 5.74) is -0.656. The lowest BCUT2D eigenvalue weighted by Gasteiger charge is -2.26. The molecule has 1 heterocycles. The van der Waals surface area contributed by atoms with Crippen molar-refractivity contribution >= 4 is 12.1 Å². The molecule has 0 aromatic carbocycles. The molecule has 1 aliphatic carbocycles. The summed E-state index contributed by atoms with van der Waals surface area (Å²) >= 11 is 0. The molecule has 0 bridgehead atoms. The number of carbonyl (C=O) groups is 2. The van der Waals surface area contributed by atoms with E-state index in [1.165, 1.54) is 4.90 Å². The third kappa shape index (κ3) is 2.57. The fraction of sp³-hybridized carbons (Fsp3) is 0.833. The van der Waals surface area contributed by atoms with Crippen molar-refractivity contribution in [2.45, 2.75) is 51.7 Å². The summed E-state index contributed by atoms with van der Waals surface area (Å²) in [5, 5.41) is 0. The van der Waals surface area contributed by atoms with E-state index in [-0.39, 0.29) is 5.41 Å². The van der Waals surface area contributed by atoms with Crippen molar-refractivity contribution in [1.29, 1.82) is 0 Å². The van der Waals surface area contributed by atoms with Crippen LogP contribution in [0.2, 0.25) is 0 Å². The van der Waals surface area contributed by atoms with Crippen LogP contribution in [0.4, 0.5) is 9.32 Å². The number of nitrogens with zero attached hydrogens (tertiary/aromatic N) is 1. The Hall–Kier alpha value is -1.33. The molecule has 1 unspecified atom stereocenters. The maximum absolute atomic E-state index is 12.1. The standard InChI is InChI=1S/C12H18FNO4/c1-11(2,3)17-10(16)14-7-12(4-5-12)6-8(14)9(15)18-13/h8H,4-7H2,1-3H3. The van der Waals surface area contributed by atoms with E-state index >= 15 is 0 Å². The molecule has 0 radical (unpaired) electrons. The van der Waals surface area contributed by atoms with E-state index < -0.39 is 23.7 Å². The van der Waals surface area contributed by atoms with Crippen LogP contribution < -0.4 is 0 Å². The van der Waals surface area contributed by atoms with Gasteiger partial charge in [0.25, 0.3) is 0 Å². The Morgan fingerprint density at radius 1 is 1.33 bits per heavy atom. The third-order valence-electron chi connectivity index (χ3n) is 3.44. The Kier molecular flexibility index (Phi) is 2.99. The van der Waals surface area contributed by atoms with Gasteiger partial charge < -0.3 is 4.74 Å². The van der Waals surface area contributed by atoms with E-state index in [0.29, 0.717) is 13.0 Å². The van der Waals surface area contributed by atoms with Crippen LogP contribution in [0.3, 0.4) is 0 Å². The minimum Gasteiger partial charge on any atom is -0.444 e. The van der Waals surface area contributed by atoms with Crippen LogP contribution in [0.25, 0.3) is 0 Å². The summed E-state index contributed by atoms with van der Waals surface area (Å²) in [6, 6.07) is -0.854. The fourth-order valence-electron chi connectivity index (χ4n) is 2.37. The van der Waals surface area contributed by atoms with Crippen molar-refractivity contribution in [3.63, 3.8) is 0 Å². The number of hydrogen-bond acceptors (Lipinski definition) is 4. The van der Waals surface area contributed by atoms with E-state index in [4.69, 9.17) is 4.74 Å². The lowest BCUT2D eigenvalue weighted by molar-refractivity contribution is -0.188. The molecule has 102 valence electrons. The Morgan fingerprint density at radius 3 is 2.39 bits per heavy atom. The zero-order valence-electron chi connectivity index (χ0n) is 10.9. The molecule has 6 heteroatoms. The van der Waals surface area contributed by atoms with E-state index in [0.717, 1.165) is 12.8 Å². The Bertz CT molecular complexity index is 373. The summed E-state index contributed by atoms with van der Waals surface area (Å²) in [6.07, 6.45) is 1.81. The molecule has 1 atom stereocenters. The van der Waals surface area contributed by atoms with Crippen molar-refractivity contribution in [2.24, 2.45) is 5.41 Å². The van der Waals surface area contributed by atoms with Gasteiger partial charge in [0.05, 0.1) is 0 Å². The first-order valence-corrected chi connectivity index (χ1v) is 6.08. The van der Waals surface area contributed by atoms with Crippen LogP contribution in [0, 0.1) is 5.41 Å². The van der Waals surface area contributed by atoms with Crippen LogP contribution >= 0.6 is 0 Å². The highest BCUT2D eigenvalue weighted by Gasteiger charge is 2.56. The number of amides is 1. The number of hydrogen-bond donors (Lipinski definition) is 0. The van der Waals surface area contributed by atoms with Gasteiger partial charge >= 0.3 is 12.1 Å². The van der Waals surface area contributed by atoms with Gasteiger partial charge in [-0.2, -0.15) is 0 Å². The first-order chi connectivity index (χ1) is 8.26. The Balaban J connectivity index is 2.09. The zero-order valence-corrected chi connectivity index (χ0v) is 10.9. The van der Waals surface area contributed by atoms with E-state index in [1.807, 2.05) is 0 Å². The Morgan fingerprint density at radius 2 is 1.94 bits per heavy atom. The molecule has 0 aromatic heterocycles. The summed E-state index contributed by atoms with van der Waals surface area (Å²) in [4.78, 5) is 27.9. The highest BCUT2D eigenvalue weighted by Crippen LogP contribution is 2.55. The zero-order chi connectivity index (χ0) is 13.6. The topological polar surface area (TPSA) is 55.8 Å². The van der Waals surface area contributed by atoms with Crippen molar-refractivity contribution in [2.75, 3.05) is 6.54 Å². The highest BCUT2D eigenvalue weighted by molar-refractivity contribution is 5.82. The van der Waals surface area contributed by atoms with E-state index in [1.54, 1.807) is 20.8 Å². The number of halogens is 1. The average molecular weight is 259 g/mol. The second-order valence-corrected chi connectivity index (χ2v) is 6.22. The number of carbonyl (C=O) groups excluding carboxylic acids is 2. The minimum atomic E-state index is -1.01. The molecule has 2 fully saturated rings. The largest absolute Gasteiger partial charge is 0.444 e. The van der Waals surface area contributed by atoms with Gasteiger partial charge in [0, 0.05) is 11.1 Å². The molecule has 2 rings (SSSR count). The summed E-state index contributed by atoms with van der Waals surface area (Å²) < 4.78 is 17.3. The Labute approximate surface area is 105 Å². The normalized spacial score (nSPS) is 25.1. The lowest BCUT2D eigenvalue weighted by Crippen LogP contribution is -2.43. The molecule has 2 aliphatic rings. The smallest absolute Gasteiger partial charge is 0.411 e. The van der Waals surface area contributed by atoms with Crippen LogP contribution in [-0.2, 0) is 14.5 Å². The summed E-state index contributed by atoms with van der Waals surface area (Å²) in [7, 11) is 0. The molecule has 18 heavy (non-hydrogen) atoms. The number of likely N-dealkylation sites (tertiary alicyclic amines) is 1. The van der Waals surface area contributed by atoms with Gasteiger partial charge in [0.1, 0.15) is 11.6 Å². The van der Waals surface area contributed by atoms with Crippen molar-refractivity contribution in [1.82, 2.24) is 4.90 Å². The van der Waals surface area contributed by atoms with Gasteiger partial charge in [-0.05, 0) is 45.4 Å². The second-order valence-electron chi connectivity index (χ2n) is 6.22. The first kappa shape index (κ1) is 13.1. The molecule has 0 aromatic rings. The molecule has 5 nitrogen and oxygen atoms in total. The minimum absolute atomic E-state index is 0.0181. The predicted molar refractivity (Wildman–Crippen MR) is 60.2 cm³/mol. The van der Waals surface area contributed by atoms with Crippen LogP contribution in [-0.4, -0.2) is 35.2 Å². The fourth-order valence-corrected chi connectivity index (χ4v) is 2.37.